The maximum absolute atomic E-state index is 13.1. The summed E-state index contributed by atoms with van der Waals surface area (Å²) in [6.07, 6.45) is 4.80. The number of nitrogens with two attached hydrogens (primary N) is 1. The molecule has 6 heteroatoms. The smallest absolute Gasteiger partial charge is 0.231 e. The highest BCUT2D eigenvalue weighted by atomic mass is 16.2. The van der Waals surface area contributed by atoms with Gasteiger partial charge in [-0.15, -0.1) is 0 Å². The van der Waals surface area contributed by atoms with Gasteiger partial charge in [-0.25, -0.2) is 9.97 Å². The van der Waals surface area contributed by atoms with E-state index in [2.05, 4.69) is 60.2 Å². The van der Waals surface area contributed by atoms with Crippen LogP contribution in [-0.2, 0) is 24.7 Å². The Hall–Kier alpha value is -3.67. The molecule has 0 radical (unpaired) electrons. The molecule has 0 spiro atoms. The standard InChI is InChI=1S/C25H25N5O/c1-15-4-5-16(2)19(10-15)12-22(31)30-9-8-18-11-17(6-7-21(18)30)20-13-29(3)25-23(20)24(26)27-14-28-25/h4-7,10-11,13-14H,8-9,12H2,1-3H3,(H2,26,27,28). The Morgan fingerprint density at radius 2 is 1.97 bits per heavy atom. The van der Waals surface area contributed by atoms with Crippen LogP contribution >= 0.6 is 0 Å². The summed E-state index contributed by atoms with van der Waals surface area (Å²) in [6.45, 7) is 4.83. The number of fused-ring (bicyclic) bond motifs is 2. The average Bonchev–Trinajstić information content (AvgIpc) is 3.32. The number of amides is 1. The molecule has 2 aromatic heterocycles. The molecule has 0 saturated carbocycles. The van der Waals surface area contributed by atoms with Crippen molar-refractivity contribution in [2.45, 2.75) is 26.7 Å². The Labute approximate surface area is 181 Å². The maximum atomic E-state index is 13.1. The summed E-state index contributed by atoms with van der Waals surface area (Å²) < 4.78 is 1.97. The number of carbonyl (C=O) groups excluding carboxylic acids is 1. The minimum Gasteiger partial charge on any atom is -0.383 e. The molecule has 156 valence electrons. The number of hydrogen-bond donors (Lipinski definition) is 1. The molecule has 0 fully saturated rings. The van der Waals surface area contributed by atoms with E-state index in [0.29, 0.717) is 18.8 Å². The third-order valence-corrected chi connectivity index (χ3v) is 6.22. The van der Waals surface area contributed by atoms with Gasteiger partial charge in [0, 0.05) is 31.0 Å². The molecule has 0 unspecified atom stereocenters. The van der Waals surface area contributed by atoms with Gasteiger partial charge in [0.1, 0.15) is 17.8 Å². The first-order chi connectivity index (χ1) is 14.9. The number of nitrogen functional groups attached to an aromatic ring is 1. The average molecular weight is 412 g/mol. The van der Waals surface area contributed by atoms with Crippen LogP contribution in [-0.4, -0.2) is 27.0 Å². The van der Waals surface area contributed by atoms with Gasteiger partial charge in [-0.05, 0) is 54.7 Å². The topological polar surface area (TPSA) is 77.0 Å². The van der Waals surface area contributed by atoms with Gasteiger partial charge in [0.05, 0.1) is 11.8 Å². The fourth-order valence-electron chi connectivity index (χ4n) is 4.53. The fraction of sp³-hybridized carbons (Fsp3) is 0.240. The van der Waals surface area contributed by atoms with Crippen molar-refractivity contribution >= 4 is 28.4 Å². The summed E-state index contributed by atoms with van der Waals surface area (Å²) >= 11 is 0. The van der Waals surface area contributed by atoms with E-state index >= 15 is 0 Å². The summed E-state index contributed by atoms with van der Waals surface area (Å²) in [7, 11) is 1.96. The highest BCUT2D eigenvalue weighted by Crippen LogP contribution is 2.37. The van der Waals surface area contributed by atoms with Crippen molar-refractivity contribution < 1.29 is 4.79 Å². The zero-order chi connectivity index (χ0) is 21.7. The predicted octanol–water partition coefficient (Wildman–Crippen LogP) is 3.97. The summed E-state index contributed by atoms with van der Waals surface area (Å²) in [5.74, 6) is 0.620. The number of hydrogen-bond acceptors (Lipinski definition) is 4. The third kappa shape index (κ3) is 3.24. The van der Waals surface area contributed by atoms with Crippen LogP contribution in [0.4, 0.5) is 11.5 Å². The lowest BCUT2D eigenvalue weighted by Crippen LogP contribution is -2.30. The van der Waals surface area contributed by atoms with Crippen LogP contribution in [0.3, 0.4) is 0 Å². The van der Waals surface area contributed by atoms with E-state index in [0.717, 1.165) is 45.4 Å². The Bertz CT molecular complexity index is 1340. The molecule has 2 N–H and O–H groups in total. The van der Waals surface area contributed by atoms with E-state index in [1.54, 1.807) is 0 Å². The van der Waals surface area contributed by atoms with Gasteiger partial charge in [0.25, 0.3) is 0 Å². The lowest BCUT2D eigenvalue weighted by molar-refractivity contribution is -0.117. The lowest BCUT2D eigenvalue weighted by atomic mass is 10.0. The van der Waals surface area contributed by atoms with E-state index in [9.17, 15) is 4.79 Å². The zero-order valence-electron chi connectivity index (χ0n) is 18.0. The number of rotatable bonds is 3. The second-order valence-corrected chi connectivity index (χ2v) is 8.36. The summed E-state index contributed by atoms with van der Waals surface area (Å²) in [5, 5.41) is 0.866. The molecule has 1 amide bonds. The molecular weight excluding hydrogens is 386 g/mol. The van der Waals surface area contributed by atoms with Gasteiger partial charge in [-0.2, -0.15) is 0 Å². The molecule has 0 saturated heterocycles. The van der Waals surface area contributed by atoms with Gasteiger partial charge < -0.3 is 15.2 Å². The fourth-order valence-corrected chi connectivity index (χ4v) is 4.53. The molecule has 1 aliphatic rings. The monoisotopic (exact) mass is 411 g/mol. The summed E-state index contributed by atoms with van der Waals surface area (Å²) in [5.41, 5.74) is 14.7. The van der Waals surface area contributed by atoms with Crippen molar-refractivity contribution in [2.24, 2.45) is 7.05 Å². The Morgan fingerprint density at radius 1 is 1.13 bits per heavy atom. The van der Waals surface area contributed by atoms with Crippen LogP contribution in [0.2, 0.25) is 0 Å². The van der Waals surface area contributed by atoms with Crippen LogP contribution in [0.15, 0.2) is 48.9 Å². The highest BCUT2D eigenvalue weighted by molar-refractivity contribution is 6.02. The molecule has 2 aromatic carbocycles. The van der Waals surface area contributed by atoms with Gasteiger partial charge in [0.15, 0.2) is 0 Å². The van der Waals surface area contributed by atoms with Crippen LogP contribution in [0.25, 0.3) is 22.2 Å². The Morgan fingerprint density at radius 3 is 2.81 bits per heavy atom. The van der Waals surface area contributed by atoms with Crippen molar-refractivity contribution in [1.29, 1.82) is 0 Å². The van der Waals surface area contributed by atoms with Crippen LogP contribution in [0.1, 0.15) is 22.3 Å². The summed E-state index contributed by atoms with van der Waals surface area (Å²) in [4.78, 5) is 23.6. The SMILES string of the molecule is Cc1ccc(C)c(CC(=O)N2CCc3cc(-c4cn(C)c5ncnc(N)c45)ccc32)c1. The van der Waals surface area contributed by atoms with Crippen LogP contribution < -0.4 is 10.6 Å². The first-order valence-corrected chi connectivity index (χ1v) is 10.5. The molecule has 5 rings (SSSR count). The van der Waals surface area contributed by atoms with Crippen molar-refractivity contribution in [3.05, 3.63) is 71.2 Å². The predicted molar refractivity (Wildman–Crippen MR) is 124 cm³/mol. The van der Waals surface area contributed by atoms with E-state index in [-0.39, 0.29) is 5.91 Å². The largest absolute Gasteiger partial charge is 0.383 e. The summed E-state index contributed by atoms with van der Waals surface area (Å²) in [6, 6.07) is 12.6. The molecule has 6 nitrogen and oxygen atoms in total. The minimum atomic E-state index is 0.142. The van der Waals surface area contributed by atoms with Gasteiger partial charge in [-0.3, -0.25) is 4.79 Å². The minimum absolute atomic E-state index is 0.142. The molecule has 0 atom stereocenters. The van der Waals surface area contributed by atoms with Crippen LogP contribution in [0, 0.1) is 13.8 Å². The number of benzene rings is 2. The Kier molecular flexibility index (Phi) is 4.50. The van der Waals surface area contributed by atoms with Crippen LogP contribution in [0.5, 0.6) is 0 Å². The number of aromatic nitrogens is 3. The molecule has 1 aliphatic heterocycles. The first-order valence-electron chi connectivity index (χ1n) is 10.5. The number of nitrogens with zero attached hydrogens (tertiary/aromatic N) is 4. The number of carbonyl (C=O) groups is 1. The van der Waals surface area contributed by atoms with E-state index in [1.165, 1.54) is 17.5 Å². The molecule has 0 aliphatic carbocycles. The quantitative estimate of drug-likeness (QED) is 0.553. The lowest BCUT2D eigenvalue weighted by Gasteiger charge is -2.18. The van der Waals surface area contributed by atoms with Crippen molar-refractivity contribution in [3.8, 4) is 11.1 Å². The first kappa shape index (κ1) is 19.3. The van der Waals surface area contributed by atoms with Gasteiger partial charge >= 0.3 is 0 Å². The molecule has 0 bridgehead atoms. The second kappa shape index (κ2) is 7.23. The van der Waals surface area contributed by atoms with Crippen molar-refractivity contribution in [1.82, 2.24) is 14.5 Å². The normalized spacial score (nSPS) is 13.1. The molecule has 3 heterocycles. The maximum Gasteiger partial charge on any atom is 0.231 e. The Balaban J connectivity index is 1.47. The van der Waals surface area contributed by atoms with Crippen molar-refractivity contribution in [2.75, 3.05) is 17.2 Å². The van der Waals surface area contributed by atoms with E-state index < -0.39 is 0 Å². The third-order valence-electron chi connectivity index (χ3n) is 6.22. The number of anilines is 2. The number of aryl methyl sites for hydroxylation is 3. The van der Waals surface area contributed by atoms with Gasteiger partial charge in [0.2, 0.25) is 5.91 Å². The highest BCUT2D eigenvalue weighted by Gasteiger charge is 2.26. The zero-order valence-corrected chi connectivity index (χ0v) is 18.0. The van der Waals surface area contributed by atoms with E-state index in [1.807, 2.05) is 22.7 Å². The van der Waals surface area contributed by atoms with Gasteiger partial charge in [-0.1, -0.05) is 29.8 Å². The molecular formula is C25H25N5O. The van der Waals surface area contributed by atoms with Crippen molar-refractivity contribution in [3.63, 3.8) is 0 Å². The molecule has 31 heavy (non-hydrogen) atoms. The van der Waals surface area contributed by atoms with E-state index in [4.69, 9.17) is 5.73 Å². The second-order valence-electron chi connectivity index (χ2n) is 8.36. The molecule has 4 aromatic rings.